The molecule has 0 aliphatic carbocycles. The monoisotopic (exact) mass is 323 g/mol. The van der Waals surface area contributed by atoms with Crippen LogP contribution >= 0.6 is 0 Å². The minimum Gasteiger partial charge on any atom is -0.396 e. The summed E-state index contributed by atoms with van der Waals surface area (Å²) in [7, 11) is 0. The lowest BCUT2D eigenvalue weighted by molar-refractivity contribution is 0.0263. The van der Waals surface area contributed by atoms with Crippen molar-refractivity contribution < 1.29 is 5.11 Å². The third kappa shape index (κ3) is 4.68. The van der Waals surface area contributed by atoms with Gasteiger partial charge >= 0.3 is 0 Å². The molecule has 1 N–H and O–H groups in total. The number of hydrogen-bond acceptors (Lipinski definition) is 2. The fourth-order valence-corrected chi connectivity index (χ4v) is 3.90. The van der Waals surface area contributed by atoms with Crippen LogP contribution in [0.1, 0.15) is 30.4 Å². The summed E-state index contributed by atoms with van der Waals surface area (Å²) in [5.74, 6) is 0. The molecule has 0 saturated carbocycles. The van der Waals surface area contributed by atoms with Gasteiger partial charge in [0.2, 0.25) is 0 Å². The van der Waals surface area contributed by atoms with Gasteiger partial charge in [0.25, 0.3) is 0 Å². The van der Waals surface area contributed by atoms with E-state index in [9.17, 15) is 5.11 Å². The fraction of sp³-hybridized carbons (Fsp3) is 0.455. The Balaban J connectivity index is 1.55. The minimum atomic E-state index is 0.0742. The summed E-state index contributed by atoms with van der Waals surface area (Å²) in [5.41, 5.74) is 2.86. The van der Waals surface area contributed by atoms with Gasteiger partial charge in [0.05, 0.1) is 0 Å². The quantitative estimate of drug-likeness (QED) is 0.834. The molecule has 2 nitrogen and oxygen atoms in total. The van der Waals surface area contributed by atoms with Gasteiger partial charge in [-0.1, -0.05) is 60.7 Å². The van der Waals surface area contributed by atoms with E-state index in [2.05, 4.69) is 65.6 Å². The van der Waals surface area contributed by atoms with Crippen molar-refractivity contribution in [2.24, 2.45) is 5.41 Å². The highest BCUT2D eigenvalue weighted by molar-refractivity contribution is 5.16. The Kier molecular flexibility index (Phi) is 6.06. The van der Waals surface area contributed by atoms with Crippen molar-refractivity contribution in [3.8, 4) is 0 Å². The molecule has 1 fully saturated rings. The standard InChI is InChI=1S/C22H29NO/c24-19-22(15-12-20-8-3-1-4-9-20)14-7-16-23(18-22)17-13-21-10-5-2-6-11-21/h1-6,8-11,24H,7,12-19H2. The summed E-state index contributed by atoms with van der Waals surface area (Å²) in [6.07, 6.45) is 5.59. The highest BCUT2D eigenvalue weighted by Crippen LogP contribution is 2.34. The Morgan fingerprint density at radius 1 is 0.875 bits per heavy atom. The molecule has 3 rings (SSSR count). The van der Waals surface area contributed by atoms with E-state index >= 15 is 0 Å². The summed E-state index contributed by atoms with van der Waals surface area (Å²) < 4.78 is 0. The third-order valence-corrected chi connectivity index (χ3v) is 5.42. The molecule has 0 radical (unpaired) electrons. The molecule has 0 spiro atoms. The number of hydrogen-bond donors (Lipinski definition) is 1. The molecular formula is C22H29NO. The average molecular weight is 323 g/mol. The van der Waals surface area contributed by atoms with Crippen molar-refractivity contribution in [3.63, 3.8) is 0 Å². The number of aliphatic hydroxyl groups excluding tert-OH is 1. The molecular weight excluding hydrogens is 294 g/mol. The lowest BCUT2D eigenvalue weighted by Crippen LogP contribution is -2.46. The van der Waals surface area contributed by atoms with E-state index in [0.29, 0.717) is 6.61 Å². The largest absolute Gasteiger partial charge is 0.396 e. The Hall–Kier alpha value is -1.64. The molecule has 128 valence electrons. The van der Waals surface area contributed by atoms with Gasteiger partial charge in [-0.2, -0.15) is 0 Å². The molecule has 1 saturated heterocycles. The van der Waals surface area contributed by atoms with E-state index in [-0.39, 0.29) is 5.41 Å². The first-order valence-electron chi connectivity index (χ1n) is 9.21. The second-order valence-corrected chi connectivity index (χ2v) is 7.26. The number of likely N-dealkylation sites (tertiary alicyclic amines) is 1. The van der Waals surface area contributed by atoms with Gasteiger partial charge in [-0.25, -0.2) is 0 Å². The summed E-state index contributed by atoms with van der Waals surface area (Å²) in [5, 5.41) is 10.1. The molecule has 0 bridgehead atoms. The van der Waals surface area contributed by atoms with Crippen molar-refractivity contribution in [1.82, 2.24) is 4.90 Å². The average Bonchev–Trinajstić information content (AvgIpc) is 2.67. The van der Waals surface area contributed by atoms with Crippen molar-refractivity contribution in [2.45, 2.75) is 32.1 Å². The van der Waals surface area contributed by atoms with Gasteiger partial charge in [-0.3, -0.25) is 0 Å². The van der Waals surface area contributed by atoms with Crippen LogP contribution in [-0.2, 0) is 12.8 Å². The Bertz CT molecular complexity index is 598. The maximum atomic E-state index is 10.1. The van der Waals surface area contributed by atoms with Gasteiger partial charge in [0.1, 0.15) is 0 Å². The SMILES string of the molecule is OCC1(CCc2ccccc2)CCCN(CCc2ccccc2)C1. The maximum absolute atomic E-state index is 10.1. The van der Waals surface area contributed by atoms with Crippen LogP contribution in [0.5, 0.6) is 0 Å². The normalized spacial score (nSPS) is 21.7. The number of aryl methyl sites for hydroxylation is 1. The van der Waals surface area contributed by atoms with Crippen LogP contribution in [0.2, 0.25) is 0 Å². The van der Waals surface area contributed by atoms with Gasteiger partial charge in [-0.05, 0) is 49.8 Å². The second kappa shape index (κ2) is 8.46. The molecule has 1 unspecified atom stereocenters. The fourth-order valence-electron chi connectivity index (χ4n) is 3.90. The predicted molar refractivity (Wildman–Crippen MR) is 100 cm³/mol. The number of rotatable bonds is 7. The zero-order valence-corrected chi connectivity index (χ0v) is 14.5. The molecule has 2 aromatic carbocycles. The maximum Gasteiger partial charge on any atom is 0.0499 e. The van der Waals surface area contributed by atoms with Crippen LogP contribution in [-0.4, -0.2) is 36.2 Å². The second-order valence-electron chi connectivity index (χ2n) is 7.26. The van der Waals surface area contributed by atoms with E-state index < -0.39 is 0 Å². The van der Waals surface area contributed by atoms with Crippen LogP contribution in [0.3, 0.4) is 0 Å². The molecule has 0 amide bonds. The summed E-state index contributed by atoms with van der Waals surface area (Å²) in [4.78, 5) is 2.55. The van der Waals surface area contributed by atoms with Crippen molar-refractivity contribution >= 4 is 0 Å². The van der Waals surface area contributed by atoms with Crippen LogP contribution in [0.25, 0.3) is 0 Å². The smallest absolute Gasteiger partial charge is 0.0499 e. The molecule has 1 aliphatic rings. The highest BCUT2D eigenvalue weighted by Gasteiger charge is 2.34. The zero-order valence-electron chi connectivity index (χ0n) is 14.5. The minimum absolute atomic E-state index is 0.0742. The molecule has 2 aromatic rings. The van der Waals surface area contributed by atoms with Crippen LogP contribution in [0.15, 0.2) is 60.7 Å². The summed E-state index contributed by atoms with van der Waals surface area (Å²) in [6, 6.07) is 21.4. The zero-order chi connectivity index (χ0) is 16.7. The molecule has 0 aromatic heterocycles. The first-order chi connectivity index (χ1) is 11.8. The van der Waals surface area contributed by atoms with Crippen LogP contribution in [0.4, 0.5) is 0 Å². The molecule has 24 heavy (non-hydrogen) atoms. The number of nitrogens with zero attached hydrogens (tertiary/aromatic N) is 1. The van der Waals surface area contributed by atoms with Gasteiger partial charge in [0.15, 0.2) is 0 Å². The molecule has 2 heteroatoms. The molecule has 1 atom stereocenters. The summed E-state index contributed by atoms with van der Waals surface area (Å²) in [6.45, 7) is 3.60. The number of aliphatic hydroxyl groups is 1. The van der Waals surface area contributed by atoms with Crippen molar-refractivity contribution in [1.29, 1.82) is 0 Å². The number of piperidine rings is 1. The Morgan fingerprint density at radius 3 is 2.12 bits per heavy atom. The van der Waals surface area contributed by atoms with Crippen molar-refractivity contribution in [3.05, 3.63) is 71.8 Å². The Labute approximate surface area is 146 Å². The van der Waals surface area contributed by atoms with Crippen LogP contribution in [0, 0.1) is 5.41 Å². The Morgan fingerprint density at radius 2 is 1.50 bits per heavy atom. The molecule has 1 aliphatic heterocycles. The van der Waals surface area contributed by atoms with E-state index in [0.717, 1.165) is 38.8 Å². The highest BCUT2D eigenvalue weighted by atomic mass is 16.3. The first kappa shape index (κ1) is 17.2. The van der Waals surface area contributed by atoms with E-state index in [1.54, 1.807) is 0 Å². The van der Waals surface area contributed by atoms with Gasteiger partial charge in [0, 0.05) is 25.1 Å². The topological polar surface area (TPSA) is 23.5 Å². The van der Waals surface area contributed by atoms with E-state index in [1.165, 1.54) is 24.1 Å². The number of benzene rings is 2. The van der Waals surface area contributed by atoms with Crippen LogP contribution < -0.4 is 0 Å². The molecule has 1 heterocycles. The summed E-state index contributed by atoms with van der Waals surface area (Å²) >= 11 is 0. The third-order valence-electron chi connectivity index (χ3n) is 5.42. The lowest BCUT2D eigenvalue weighted by Gasteiger charge is -2.42. The van der Waals surface area contributed by atoms with Gasteiger partial charge < -0.3 is 10.0 Å². The first-order valence-corrected chi connectivity index (χ1v) is 9.21. The van der Waals surface area contributed by atoms with E-state index in [1.807, 2.05) is 0 Å². The predicted octanol–water partition coefficient (Wildman–Crippen LogP) is 3.94. The van der Waals surface area contributed by atoms with Gasteiger partial charge in [-0.15, -0.1) is 0 Å². The van der Waals surface area contributed by atoms with E-state index in [4.69, 9.17) is 0 Å². The van der Waals surface area contributed by atoms with Crippen molar-refractivity contribution in [2.75, 3.05) is 26.2 Å². The lowest BCUT2D eigenvalue weighted by atomic mass is 9.76.